The van der Waals surface area contributed by atoms with Gasteiger partial charge in [0, 0.05) is 13.1 Å². The number of aryl methyl sites for hydroxylation is 2. The molecule has 9 heteroatoms. The summed E-state index contributed by atoms with van der Waals surface area (Å²) in [7, 11) is 1.23. The van der Waals surface area contributed by atoms with Crippen LogP contribution < -0.4 is 16.4 Å². The highest BCUT2D eigenvalue weighted by molar-refractivity contribution is 5.98. The van der Waals surface area contributed by atoms with Crippen molar-refractivity contribution in [3.63, 3.8) is 0 Å². The molecule has 1 aromatic heterocycles. The smallest absolute Gasteiger partial charge is 0.329 e. The minimum absolute atomic E-state index is 0.0877. The number of carbonyl (C=O) groups excluding carboxylic acids is 2. The number of nitrogens with zero attached hydrogens (tertiary/aromatic N) is 2. The van der Waals surface area contributed by atoms with Crippen molar-refractivity contribution in [3.8, 4) is 16.9 Å². The van der Waals surface area contributed by atoms with Crippen LogP contribution in [0.15, 0.2) is 48.5 Å². The summed E-state index contributed by atoms with van der Waals surface area (Å²) in [5, 5.41) is 15.6. The summed E-state index contributed by atoms with van der Waals surface area (Å²) in [6, 6.07) is 13.9. The Hall–Kier alpha value is -3.98. The van der Waals surface area contributed by atoms with Crippen LogP contribution in [-0.4, -0.2) is 46.6 Å². The van der Waals surface area contributed by atoms with E-state index in [1.54, 1.807) is 32.0 Å². The maximum atomic E-state index is 12.7. The number of amides is 1. The molecule has 9 nitrogen and oxygen atoms in total. The molecular formula is C24H27N5O4. The first-order chi connectivity index (χ1) is 15.8. The molecule has 0 saturated carbocycles. The predicted molar refractivity (Wildman–Crippen MR) is 125 cm³/mol. The number of nitrogens with two attached hydrogens (primary N) is 1. The number of esters is 1. The molecule has 1 amide bonds. The summed E-state index contributed by atoms with van der Waals surface area (Å²) in [6.45, 7) is 3.75. The summed E-state index contributed by atoms with van der Waals surface area (Å²) in [5.41, 5.74) is 9.63. The summed E-state index contributed by atoms with van der Waals surface area (Å²) in [6.07, 6.45) is 0. The van der Waals surface area contributed by atoms with Crippen LogP contribution in [-0.2, 0) is 16.1 Å². The Morgan fingerprint density at radius 3 is 2.42 bits per heavy atom. The third-order valence-corrected chi connectivity index (χ3v) is 5.14. The topological polar surface area (TPSA) is 139 Å². The standard InChI is InChI=1S/C24H27N5O4/c1-14-21(22(31)29-20(12-25)23(32)33-3)15(2)28-24(27-14)26-13-17-7-4-5-10-19(17)16-8-6-9-18(30)11-16/h4-11,20,30H,12-13,25H2,1-3H3,(H,29,31)(H,26,27,28)/t20-/m0/s1. The van der Waals surface area contributed by atoms with Crippen molar-refractivity contribution in [2.24, 2.45) is 5.73 Å². The Labute approximate surface area is 192 Å². The van der Waals surface area contributed by atoms with Crippen LogP contribution in [0.1, 0.15) is 27.3 Å². The molecule has 0 spiro atoms. The molecule has 1 atom stereocenters. The Morgan fingerprint density at radius 1 is 1.09 bits per heavy atom. The number of ether oxygens (including phenoxy) is 1. The van der Waals surface area contributed by atoms with E-state index < -0.39 is 17.9 Å². The van der Waals surface area contributed by atoms with Crippen LogP contribution in [0.3, 0.4) is 0 Å². The second-order valence-electron chi connectivity index (χ2n) is 7.44. The number of aromatic nitrogens is 2. The molecule has 0 radical (unpaired) electrons. The Balaban J connectivity index is 1.78. The number of phenols is 1. The first kappa shape index (κ1) is 23.7. The summed E-state index contributed by atoms with van der Waals surface area (Å²) in [4.78, 5) is 33.3. The van der Waals surface area contributed by atoms with Crippen molar-refractivity contribution in [2.45, 2.75) is 26.4 Å². The van der Waals surface area contributed by atoms with Crippen LogP contribution in [0.2, 0.25) is 0 Å². The fourth-order valence-electron chi connectivity index (χ4n) is 3.51. The molecule has 172 valence electrons. The van der Waals surface area contributed by atoms with Crippen LogP contribution in [0, 0.1) is 13.8 Å². The van der Waals surface area contributed by atoms with Crippen molar-refractivity contribution in [3.05, 3.63) is 71.0 Å². The fraction of sp³-hybridized carbons (Fsp3) is 0.250. The number of carbonyl (C=O) groups is 2. The van der Waals surface area contributed by atoms with Gasteiger partial charge >= 0.3 is 5.97 Å². The van der Waals surface area contributed by atoms with Gasteiger partial charge in [-0.3, -0.25) is 4.79 Å². The zero-order valence-corrected chi connectivity index (χ0v) is 18.8. The maximum Gasteiger partial charge on any atom is 0.329 e. The quantitative estimate of drug-likeness (QED) is 0.384. The normalized spacial score (nSPS) is 11.5. The molecule has 0 aliphatic heterocycles. The average Bonchev–Trinajstić information content (AvgIpc) is 2.80. The van der Waals surface area contributed by atoms with Crippen molar-refractivity contribution < 1.29 is 19.4 Å². The Bertz CT molecular complexity index is 1140. The lowest BCUT2D eigenvalue weighted by Gasteiger charge is -2.17. The van der Waals surface area contributed by atoms with Gasteiger partial charge in [-0.25, -0.2) is 14.8 Å². The highest BCUT2D eigenvalue weighted by Crippen LogP contribution is 2.27. The lowest BCUT2D eigenvalue weighted by Crippen LogP contribution is -2.46. The monoisotopic (exact) mass is 449 g/mol. The van der Waals surface area contributed by atoms with E-state index in [0.29, 0.717) is 23.9 Å². The van der Waals surface area contributed by atoms with Gasteiger partial charge in [-0.15, -0.1) is 0 Å². The molecule has 0 bridgehead atoms. The van der Waals surface area contributed by atoms with E-state index in [2.05, 4.69) is 25.3 Å². The summed E-state index contributed by atoms with van der Waals surface area (Å²) >= 11 is 0. The molecule has 0 saturated heterocycles. The summed E-state index contributed by atoms with van der Waals surface area (Å²) < 4.78 is 4.65. The van der Waals surface area contributed by atoms with Gasteiger partial charge < -0.3 is 26.2 Å². The van der Waals surface area contributed by atoms with E-state index in [1.165, 1.54) is 7.11 Å². The highest BCUT2D eigenvalue weighted by Gasteiger charge is 2.23. The van der Waals surface area contributed by atoms with E-state index in [-0.39, 0.29) is 17.9 Å². The van der Waals surface area contributed by atoms with Gasteiger partial charge in [-0.2, -0.15) is 0 Å². The molecule has 5 N–H and O–H groups in total. The zero-order valence-electron chi connectivity index (χ0n) is 18.8. The van der Waals surface area contributed by atoms with E-state index in [0.717, 1.165) is 16.7 Å². The molecule has 1 heterocycles. The highest BCUT2D eigenvalue weighted by atomic mass is 16.5. The average molecular weight is 450 g/mol. The Kier molecular flexibility index (Phi) is 7.57. The third-order valence-electron chi connectivity index (χ3n) is 5.14. The largest absolute Gasteiger partial charge is 0.508 e. The minimum atomic E-state index is -0.951. The molecule has 2 aromatic carbocycles. The SMILES string of the molecule is COC(=O)[C@H](CN)NC(=O)c1c(C)nc(NCc2ccccc2-c2cccc(O)c2)nc1C. The number of aromatic hydroxyl groups is 1. The Morgan fingerprint density at radius 2 is 1.79 bits per heavy atom. The first-order valence-electron chi connectivity index (χ1n) is 10.4. The minimum Gasteiger partial charge on any atom is -0.508 e. The van der Waals surface area contributed by atoms with Crippen LogP contribution in [0.4, 0.5) is 5.95 Å². The van der Waals surface area contributed by atoms with Gasteiger partial charge in [0.05, 0.1) is 24.1 Å². The molecule has 3 rings (SSSR count). The number of hydrogen-bond donors (Lipinski definition) is 4. The van der Waals surface area contributed by atoms with Gasteiger partial charge in [0.15, 0.2) is 0 Å². The van der Waals surface area contributed by atoms with Crippen LogP contribution in [0.25, 0.3) is 11.1 Å². The maximum absolute atomic E-state index is 12.7. The van der Waals surface area contributed by atoms with Gasteiger partial charge in [0.25, 0.3) is 5.91 Å². The van der Waals surface area contributed by atoms with Crippen LogP contribution in [0.5, 0.6) is 5.75 Å². The first-order valence-corrected chi connectivity index (χ1v) is 10.4. The molecule has 0 fully saturated rings. The van der Waals surface area contributed by atoms with Gasteiger partial charge in [0.2, 0.25) is 5.95 Å². The molecule has 0 aliphatic carbocycles. The predicted octanol–water partition coefficient (Wildman–Crippen LogP) is 2.31. The third kappa shape index (κ3) is 5.64. The van der Waals surface area contributed by atoms with Crippen molar-refractivity contribution in [2.75, 3.05) is 19.0 Å². The zero-order chi connectivity index (χ0) is 24.0. The van der Waals surface area contributed by atoms with Gasteiger partial charge in [-0.05, 0) is 42.7 Å². The fourth-order valence-corrected chi connectivity index (χ4v) is 3.51. The number of methoxy groups -OCH3 is 1. The van der Waals surface area contributed by atoms with Gasteiger partial charge in [0.1, 0.15) is 11.8 Å². The number of rotatable bonds is 8. The van der Waals surface area contributed by atoms with Crippen molar-refractivity contribution >= 4 is 17.8 Å². The number of phenolic OH excluding ortho intramolecular Hbond substituents is 1. The van der Waals surface area contributed by atoms with Crippen molar-refractivity contribution in [1.29, 1.82) is 0 Å². The van der Waals surface area contributed by atoms with Gasteiger partial charge in [-0.1, -0.05) is 36.4 Å². The molecule has 0 unspecified atom stereocenters. The van der Waals surface area contributed by atoms with E-state index >= 15 is 0 Å². The second-order valence-corrected chi connectivity index (χ2v) is 7.44. The second kappa shape index (κ2) is 10.6. The van der Waals surface area contributed by atoms with E-state index in [1.807, 2.05) is 30.3 Å². The lowest BCUT2D eigenvalue weighted by atomic mass is 9.99. The molecule has 3 aromatic rings. The molecular weight excluding hydrogens is 422 g/mol. The number of anilines is 1. The number of nitrogens with one attached hydrogen (secondary N) is 2. The molecule has 0 aliphatic rings. The summed E-state index contributed by atoms with van der Waals surface area (Å²) in [5.74, 6) is -0.546. The number of hydrogen-bond acceptors (Lipinski definition) is 8. The van der Waals surface area contributed by atoms with Crippen LogP contribution >= 0.6 is 0 Å². The molecule has 33 heavy (non-hydrogen) atoms. The van der Waals surface area contributed by atoms with E-state index in [9.17, 15) is 14.7 Å². The lowest BCUT2D eigenvalue weighted by molar-refractivity contribution is -0.142. The number of benzene rings is 2. The van der Waals surface area contributed by atoms with E-state index in [4.69, 9.17) is 5.73 Å². The van der Waals surface area contributed by atoms with Crippen molar-refractivity contribution in [1.82, 2.24) is 15.3 Å².